The van der Waals surface area contributed by atoms with E-state index in [2.05, 4.69) is 27.8 Å². The van der Waals surface area contributed by atoms with Gasteiger partial charge in [-0.3, -0.25) is 4.79 Å². The highest BCUT2D eigenvalue weighted by Gasteiger charge is 2.38. The van der Waals surface area contributed by atoms with E-state index >= 15 is 0 Å². The van der Waals surface area contributed by atoms with Gasteiger partial charge >= 0.3 is 0 Å². The summed E-state index contributed by atoms with van der Waals surface area (Å²) in [6.45, 7) is 2.31. The van der Waals surface area contributed by atoms with Gasteiger partial charge in [0.2, 0.25) is 5.16 Å². The molecule has 4 aromatic rings. The minimum atomic E-state index is -2.02. The van der Waals surface area contributed by atoms with Crippen LogP contribution in [0.3, 0.4) is 0 Å². The summed E-state index contributed by atoms with van der Waals surface area (Å²) in [4.78, 5) is 12.0. The number of aliphatic hydroxyl groups excluding tert-OH is 1. The molecule has 0 bridgehead atoms. The van der Waals surface area contributed by atoms with Crippen molar-refractivity contribution in [3.8, 4) is 11.1 Å². The van der Waals surface area contributed by atoms with Crippen LogP contribution in [0.25, 0.3) is 11.1 Å². The van der Waals surface area contributed by atoms with E-state index in [-0.39, 0.29) is 31.3 Å². The molecular formula is C30H30Cl3N5O4S. The van der Waals surface area contributed by atoms with Crippen molar-refractivity contribution < 1.29 is 19.4 Å². The maximum Gasteiger partial charge on any atom is 0.272 e. The summed E-state index contributed by atoms with van der Waals surface area (Å²) in [7, 11) is 1.81. The fraction of sp³-hybridized carbons (Fsp3) is 0.333. The Morgan fingerprint density at radius 3 is 2.40 bits per heavy atom. The topological polar surface area (TPSA) is 111 Å². The molecule has 1 aliphatic heterocycles. The first kappa shape index (κ1) is 31.7. The number of hydrogen-bond donors (Lipinski definition) is 2. The summed E-state index contributed by atoms with van der Waals surface area (Å²) in [5.41, 5.74) is 5.47. The summed E-state index contributed by atoms with van der Waals surface area (Å²) in [5, 5.41) is 24.6. The van der Waals surface area contributed by atoms with Gasteiger partial charge in [-0.1, -0.05) is 114 Å². The molecule has 9 nitrogen and oxygen atoms in total. The molecule has 0 aliphatic carbocycles. The quantitative estimate of drug-likeness (QED) is 0.167. The number of thioether (sulfide) groups is 1. The maximum atomic E-state index is 12.0. The second-order valence-electron chi connectivity index (χ2n) is 10.2. The summed E-state index contributed by atoms with van der Waals surface area (Å²) < 4.78 is 12.8. The number of rotatable bonds is 9. The molecule has 226 valence electrons. The van der Waals surface area contributed by atoms with Crippen LogP contribution in [0.15, 0.2) is 78.0 Å². The van der Waals surface area contributed by atoms with E-state index in [1.54, 1.807) is 11.7 Å². The van der Waals surface area contributed by atoms with Gasteiger partial charge in [0.05, 0.1) is 18.8 Å². The SMILES string of the molecule is C[C@@H]1[C@H](CSc2nnnn2C)O[C@H](c2cccc(-c3cccc(CNC(=O)C(Cl)(Cl)Cl)c3)c2)O[C@@H]1c1ccc(CO)cc1. The molecule has 0 spiro atoms. The first-order valence-corrected chi connectivity index (χ1v) is 15.6. The molecule has 5 rings (SSSR count). The number of aliphatic hydroxyl groups is 1. The van der Waals surface area contributed by atoms with Crippen molar-refractivity contribution in [3.05, 3.63) is 95.1 Å². The first-order chi connectivity index (χ1) is 20.6. The number of aromatic nitrogens is 4. The lowest BCUT2D eigenvalue weighted by molar-refractivity contribution is -0.268. The lowest BCUT2D eigenvalue weighted by Gasteiger charge is -2.41. The monoisotopic (exact) mass is 661 g/mol. The Bertz CT molecular complexity index is 1550. The summed E-state index contributed by atoms with van der Waals surface area (Å²) in [6.07, 6.45) is -1.05. The van der Waals surface area contributed by atoms with E-state index in [0.29, 0.717) is 10.9 Å². The smallest absolute Gasteiger partial charge is 0.272 e. The van der Waals surface area contributed by atoms with E-state index in [9.17, 15) is 9.90 Å². The van der Waals surface area contributed by atoms with Crippen LogP contribution in [0.4, 0.5) is 0 Å². The Kier molecular flexibility index (Phi) is 10.3. The third-order valence-electron chi connectivity index (χ3n) is 7.21. The Morgan fingerprint density at radius 1 is 1.00 bits per heavy atom. The highest BCUT2D eigenvalue weighted by Crippen LogP contribution is 2.43. The number of tetrazole rings is 1. The number of carbonyl (C=O) groups is 1. The van der Waals surface area contributed by atoms with Crippen molar-refractivity contribution in [2.24, 2.45) is 13.0 Å². The average Bonchev–Trinajstić information content (AvgIpc) is 3.43. The van der Waals surface area contributed by atoms with Crippen LogP contribution in [0.2, 0.25) is 0 Å². The van der Waals surface area contributed by atoms with Crippen LogP contribution in [0, 0.1) is 5.92 Å². The van der Waals surface area contributed by atoms with Crippen LogP contribution in [0.1, 0.15) is 41.6 Å². The number of halogens is 3. The van der Waals surface area contributed by atoms with Gasteiger partial charge in [0.25, 0.3) is 9.70 Å². The van der Waals surface area contributed by atoms with Gasteiger partial charge in [-0.2, -0.15) is 0 Å². The third kappa shape index (κ3) is 7.88. The number of ether oxygens (including phenoxy) is 2. The fourth-order valence-electron chi connectivity index (χ4n) is 4.82. The van der Waals surface area contributed by atoms with Crippen LogP contribution in [-0.4, -0.2) is 46.9 Å². The molecule has 13 heteroatoms. The molecule has 1 fully saturated rings. The molecule has 1 aliphatic rings. The molecule has 4 atom stereocenters. The van der Waals surface area contributed by atoms with Crippen molar-refractivity contribution in [1.29, 1.82) is 0 Å². The summed E-state index contributed by atoms with van der Waals surface area (Å²) in [6, 6.07) is 23.6. The van der Waals surface area contributed by atoms with E-state index in [0.717, 1.165) is 33.4 Å². The third-order valence-corrected chi connectivity index (χ3v) is 8.83. The van der Waals surface area contributed by atoms with Crippen molar-refractivity contribution in [1.82, 2.24) is 25.5 Å². The van der Waals surface area contributed by atoms with Crippen LogP contribution in [0.5, 0.6) is 0 Å². The van der Waals surface area contributed by atoms with Gasteiger partial charge in [-0.15, -0.1) is 5.10 Å². The zero-order chi connectivity index (χ0) is 30.6. The first-order valence-electron chi connectivity index (χ1n) is 13.5. The van der Waals surface area contributed by atoms with Crippen LogP contribution >= 0.6 is 46.6 Å². The zero-order valence-electron chi connectivity index (χ0n) is 23.4. The summed E-state index contributed by atoms with van der Waals surface area (Å²) in [5.74, 6) is -0.0376. The number of benzene rings is 3. The molecule has 1 amide bonds. The van der Waals surface area contributed by atoms with Crippen molar-refractivity contribution in [2.75, 3.05) is 5.75 Å². The number of nitrogens with zero attached hydrogens (tertiary/aromatic N) is 4. The lowest BCUT2D eigenvalue weighted by atomic mass is 9.91. The van der Waals surface area contributed by atoms with E-state index in [1.165, 1.54) is 11.8 Å². The fourth-order valence-corrected chi connectivity index (χ4v) is 6.03. The lowest BCUT2D eigenvalue weighted by Crippen LogP contribution is -2.38. The number of aryl methyl sites for hydroxylation is 1. The Hall–Kier alpha value is -2.70. The highest BCUT2D eigenvalue weighted by atomic mass is 35.6. The highest BCUT2D eigenvalue weighted by molar-refractivity contribution is 7.99. The largest absolute Gasteiger partial charge is 0.392 e. The van der Waals surface area contributed by atoms with Gasteiger partial charge < -0.3 is 19.9 Å². The van der Waals surface area contributed by atoms with Crippen molar-refractivity contribution >= 4 is 52.5 Å². The number of carbonyl (C=O) groups excluding carboxylic acids is 1. The number of hydrogen-bond acceptors (Lipinski definition) is 8. The normalized spacial score (nSPS) is 20.6. The van der Waals surface area contributed by atoms with Gasteiger partial charge in [-0.25, -0.2) is 4.68 Å². The molecule has 1 aromatic heterocycles. The van der Waals surface area contributed by atoms with Gasteiger partial charge in [-0.05, 0) is 50.4 Å². The van der Waals surface area contributed by atoms with E-state index < -0.39 is 16.0 Å². The minimum absolute atomic E-state index is 0.0210. The second-order valence-corrected chi connectivity index (χ2v) is 13.5. The predicted molar refractivity (Wildman–Crippen MR) is 167 cm³/mol. The van der Waals surface area contributed by atoms with Crippen molar-refractivity contribution in [3.63, 3.8) is 0 Å². The molecule has 1 saturated heterocycles. The molecular weight excluding hydrogens is 633 g/mol. The van der Waals surface area contributed by atoms with Gasteiger partial charge in [0.1, 0.15) is 0 Å². The molecule has 0 unspecified atom stereocenters. The molecule has 2 heterocycles. The molecule has 2 N–H and O–H groups in total. The van der Waals surface area contributed by atoms with Crippen molar-refractivity contribution in [2.45, 2.75) is 47.5 Å². The van der Waals surface area contributed by atoms with Gasteiger partial charge in [0.15, 0.2) is 6.29 Å². The van der Waals surface area contributed by atoms with Gasteiger partial charge in [0, 0.05) is 30.8 Å². The van der Waals surface area contributed by atoms with E-state index in [4.69, 9.17) is 44.3 Å². The standard InChI is InChI=1S/C30H30Cl3N5O4S/c1-18-25(17-43-29-35-36-37-38(29)2)41-27(42-26(18)21-11-9-19(16-39)10-12-21)24-8-4-7-23(14-24)22-6-3-5-20(13-22)15-34-28(40)30(31,32)33/h3-14,18,25-27,39H,15-17H2,1-2H3,(H,34,40)/t18-,25+,26+,27+/m1/s1. The number of amides is 1. The average molecular weight is 663 g/mol. The Labute approximate surface area is 268 Å². The second kappa shape index (κ2) is 13.9. The predicted octanol–water partition coefficient (Wildman–Crippen LogP) is 5.94. The van der Waals surface area contributed by atoms with E-state index in [1.807, 2.05) is 72.8 Å². The molecule has 0 radical (unpaired) electrons. The Balaban J connectivity index is 1.39. The van der Waals surface area contributed by atoms with Crippen LogP contribution < -0.4 is 5.32 Å². The molecule has 0 saturated carbocycles. The number of alkyl halides is 3. The summed E-state index contributed by atoms with van der Waals surface area (Å²) >= 11 is 18.6. The molecule has 3 aromatic carbocycles. The molecule has 43 heavy (non-hydrogen) atoms. The number of nitrogens with one attached hydrogen (secondary N) is 1. The Morgan fingerprint density at radius 2 is 1.72 bits per heavy atom. The van der Waals surface area contributed by atoms with Crippen LogP contribution in [-0.2, 0) is 34.5 Å². The minimum Gasteiger partial charge on any atom is -0.392 e. The maximum absolute atomic E-state index is 12.0. The zero-order valence-corrected chi connectivity index (χ0v) is 26.4.